The molecular weight excluding hydrogens is 465 g/mol. The van der Waals surface area contributed by atoms with E-state index in [-0.39, 0.29) is 11.3 Å². The second-order valence-corrected chi connectivity index (χ2v) is 9.64. The zero-order valence-electron chi connectivity index (χ0n) is 18.0. The normalized spacial score (nSPS) is 16.1. The Morgan fingerprint density at radius 3 is 2.44 bits per heavy atom. The van der Waals surface area contributed by atoms with E-state index in [1.807, 2.05) is 50.2 Å². The Morgan fingerprint density at radius 1 is 1.16 bits per heavy atom. The summed E-state index contributed by atoms with van der Waals surface area (Å²) in [7, 11) is 3.93. The van der Waals surface area contributed by atoms with Crippen molar-refractivity contribution in [2.75, 3.05) is 19.0 Å². The Labute approximate surface area is 199 Å². The number of fused-ring (bicyclic) bond motifs is 1. The summed E-state index contributed by atoms with van der Waals surface area (Å²) in [6, 6.07) is 12.5. The summed E-state index contributed by atoms with van der Waals surface area (Å²) in [5.41, 5.74) is 3.50. The summed E-state index contributed by atoms with van der Waals surface area (Å²) >= 11 is 13.6. The first-order valence-electron chi connectivity index (χ1n) is 9.93. The first-order valence-corrected chi connectivity index (χ1v) is 11.5. The molecule has 8 heteroatoms. The van der Waals surface area contributed by atoms with E-state index in [4.69, 9.17) is 23.2 Å². The molecule has 0 spiro atoms. The number of carbonyl (C=O) groups is 1. The Balaban J connectivity index is 1.95. The van der Waals surface area contributed by atoms with Gasteiger partial charge in [-0.1, -0.05) is 52.7 Å². The summed E-state index contributed by atoms with van der Waals surface area (Å²) < 4.78 is 2.09. The van der Waals surface area contributed by atoms with Crippen molar-refractivity contribution in [3.05, 3.63) is 94.6 Å². The second-order valence-electron chi connectivity index (χ2n) is 7.79. The van der Waals surface area contributed by atoms with Crippen LogP contribution < -0.4 is 19.8 Å². The van der Waals surface area contributed by atoms with Crippen molar-refractivity contribution in [1.82, 2.24) is 4.57 Å². The standard InChI is InChI=1S/C24H21Cl2N3O2S/c1-13-21(14(2)30)22(15-6-9-18(10-7-15)28(3)4)29-23(31)20(32-24(29)27-13)11-16-5-8-17(25)12-19(16)26/h5-12,22H,1-4H3/b20-11+/t22-/m1/s1. The number of aromatic nitrogens is 1. The van der Waals surface area contributed by atoms with Gasteiger partial charge in [0.15, 0.2) is 10.6 Å². The maximum Gasteiger partial charge on any atom is 0.271 e. The van der Waals surface area contributed by atoms with E-state index in [1.165, 1.54) is 18.3 Å². The second kappa shape index (κ2) is 8.70. The Hall–Kier alpha value is -2.67. The number of hydrogen-bond donors (Lipinski definition) is 0. The van der Waals surface area contributed by atoms with Gasteiger partial charge in [0, 0.05) is 41.1 Å². The van der Waals surface area contributed by atoms with Gasteiger partial charge >= 0.3 is 0 Å². The van der Waals surface area contributed by atoms with Crippen molar-refractivity contribution >= 4 is 52.1 Å². The molecule has 1 aromatic heterocycles. The van der Waals surface area contributed by atoms with Crippen LogP contribution >= 0.6 is 34.5 Å². The van der Waals surface area contributed by atoms with Crippen molar-refractivity contribution in [2.45, 2.75) is 19.9 Å². The smallest absolute Gasteiger partial charge is 0.271 e. The molecular formula is C24H21Cl2N3O2S. The molecule has 2 heterocycles. The highest BCUT2D eigenvalue weighted by Crippen LogP contribution is 2.31. The number of rotatable bonds is 4. The molecule has 1 aliphatic heterocycles. The molecule has 1 atom stereocenters. The zero-order chi connectivity index (χ0) is 23.2. The van der Waals surface area contributed by atoms with Gasteiger partial charge in [-0.2, -0.15) is 0 Å². The SMILES string of the molecule is CC(=O)C1=C(C)N=c2s/c(=C/c3ccc(Cl)cc3Cl)c(=O)n2[C@@H]1c1ccc(N(C)C)cc1. The summed E-state index contributed by atoms with van der Waals surface area (Å²) in [4.78, 5) is 33.2. The molecule has 0 amide bonds. The van der Waals surface area contributed by atoms with Gasteiger partial charge in [-0.15, -0.1) is 0 Å². The number of nitrogens with zero attached hydrogens (tertiary/aromatic N) is 3. The van der Waals surface area contributed by atoms with E-state index in [1.54, 1.807) is 28.8 Å². The molecule has 0 N–H and O–H groups in total. The highest BCUT2D eigenvalue weighted by molar-refractivity contribution is 7.07. The molecule has 2 aromatic carbocycles. The molecule has 4 rings (SSSR count). The predicted octanol–water partition coefficient (Wildman–Crippen LogP) is 4.20. The van der Waals surface area contributed by atoms with Crippen LogP contribution in [0.15, 0.2) is 63.5 Å². The van der Waals surface area contributed by atoms with Crippen LogP contribution in [0.2, 0.25) is 10.0 Å². The molecule has 0 radical (unpaired) electrons. The first-order chi connectivity index (χ1) is 15.2. The van der Waals surface area contributed by atoms with E-state index in [2.05, 4.69) is 4.99 Å². The fraction of sp³-hybridized carbons (Fsp3) is 0.208. The minimum atomic E-state index is -0.539. The summed E-state index contributed by atoms with van der Waals surface area (Å²) in [6.07, 6.45) is 1.74. The molecule has 1 aliphatic rings. The molecule has 0 saturated heterocycles. The third-order valence-electron chi connectivity index (χ3n) is 5.38. The number of Topliss-reactive ketones (excluding diaryl/α,β-unsaturated/α-hetero) is 1. The minimum absolute atomic E-state index is 0.108. The zero-order valence-corrected chi connectivity index (χ0v) is 20.3. The van der Waals surface area contributed by atoms with E-state index in [0.717, 1.165) is 11.3 Å². The predicted molar refractivity (Wildman–Crippen MR) is 132 cm³/mol. The van der Waals surface area contributed by atoms with Gasteiger partial charge in [-0.3, -0.25) is 14.2 Å². The highest BCUT2D eigenvalue weighted by Gasteiger charge is 2.30. The number of anilines is 1. The van der Waals surface area contributed by atoms with Crippen LogP contribution in [0.25, 0.3) is 6.08 Å². The molecule has 0 unspecified atom stereocenters. The lowest BCUT2D eigenvalue weighted by Crippen LogP contribution is -2.39. The lowest BCUT2D eigenvalue weighted by molar-refractivity contribution is -0.114. The number of carbonyl (C=O) groups excluding carboxylic acids is 1. The molecule has 0 bridgehead atoms. The first kappa shape index (κ1) is 22.5. The van der Waals surface area contributed by atoms with Crippen LogP contribution in [0.1, 0.15) is 31.0 Å². The summed E-state index contributed by atoms with van der Waals surface area (Å²) in [5, 5.41) is 0.983. The number of benzene rings is 2. The average Bonchev–Trinajstić information content (AvgIpc) is 3.03. The molecule has 164 valence electrons. The largest absolute Gasteiger partial charge is 0.378 e. The number of halogens is 2. The van der Waals surface area contributed by atoms with Crippen LogP contribution in [-0.2, 0) is 4.79 Å². The fourth-order valence-corrected chi connectivity index (χ4v) is 5.30. The van der Waals surface area contributed by atoms with Crippen molar-refractivity contribution in [1.29, 1.82) is 0 Å². The van der Waals surface area contributed by atoms with Crippen LogP contribution in [0.5, 0.6) is 0 Å². The van der Waals surface area contributed by atoms with Crippen LogP contribution in [0.4, 0.5) is 5.69 Å². The molecule has 32 heavy (non-hydrogen) atoms. The lowest BCUT2D eigenvalue weighted by Gasteiger charge is -2.25. The van der Waals surface area contributed by atoms with Crippen molar-refractivity contribution in [2.24, 2.45) is 4.99 Å². The van der Waals surface area contributed by atoms with Gasteiger partial charge in [-0.05, 0) is 55.3 Å². The number of thiazole rings is 1. The van der Waals surface area contributed by atoms with Gasteiger partial charge in [0.05, 0.1) is 10.6 Å². The highest BCUT2D eigenvalue weighted by atomic mass is 35.5. The van der Waals surface area contributed by atoms with Gasteiger partial charge in [-0.25, -0.2) is 4.99 Å². The van der Waals surface area contributed by atoms with Gasteiger partial charge in [0.1, 0.15) is 0 Å². The van der Waals surface area contributed by atoms with Crippen LogP contribution in [-0.4, -0.2) is 24.4 Å². The molecule has 0 fully saturated rings. The van der Waals surface area contributed by atoms with Crippen molar-refractivity contribution in [3.63, 3.8) is 0 Å². The lowest BCUT2D eigenvalue weighted by atomic mass is 9.93. The molecule has 3 aromatic rings. The van der Waals surface area contributed by atoms with Crippen LogP contribution in [0.3, 0.4) is 0 Å². The van der Waals surface area contributed by atoms with E-state index in [0.29, 0.717) is 36.2 Å². The maximum atomic E-state index is 13.5. The molecule has 5 nitrogen and oxygen atoms in total. The minimum Gasteiger partial charge on any atom is -0.378 e. The van der Waals surface area contributed by atoms with E-state index < -0.39 is 6.04 Å². The topological polar surface area (TPSA) is 54.7 Å². The summed E-state index contributed by atoms with van der Waals surface area (Å²) in [5.74, 6) is -0.108. The molecule has 0 aliphatic carbocycles. The third-order valence-corrected chi connectivity index (χ3v) is 6.92. The molecule has 0 saturated carbocycles. The monoisotopic (exact) mass is 485 g/mol. The van der Waals surface area contributed by atoms with Crippen LogP contribution in [0, 0.1) is 0 Å². The Kier molecular flexibility index (Phi) is 6.12. The Morgan fingerprint density at radius 2 is 1.84 bits per heavy atom. The maximum absolute atomic E-state index is 13.5. The van der Waals surface area contributed by atoms with Crippen molar-refractivity contribution < 1.29 is 4.79 Å². The Bertz CT molecular complexity index is 1430. The van der Waals surface area contributed by atoms with Crippen molar-refractivity contribution in [3.8, 4) is 0 Å². The average molecular weight is 486 g/mol. The van der Waals surface area contributed by atoms with Gasteiger partial charge in [0.25, 0.3) is 5.56 Å². The van der Waals surface area contributed by atoms with E-state index in [9.17, 15) is 9.59 Å². The summed E-state index contributed by atoms with van der Waals surface area (Å²) in [6.45, 7) is 3.32. The number of allylic oxidation sites excluding steroid dienone is 2. The van der Waals surface area contributed by atoms with E-state index >= 15 is 0 Å². The fourth-order valence-electron chi connectivity index (χ4n) is 3.80. The number of hydrogen-bond acceptors (Lipinski definition) is 5. The quantitative estimate of drug-likeness (QED) is 0.556. The number of ketones is 1. The van der Waals surface area contributed by atoms with Gasteiger partial charge in [0.2, 0.25) is 0 Å². The third kappa shape index (κ3) is 4.06. The van der Waals surface area contributed by atoms with Gasteiger partial charge < -0.3 is 4.90 Å².